The van der Waals surface area contributed by atoms with Crippen LogP contribution in [0.15, 0.2) is 18.2 Å². The highest BCUT2D eigenvalue weighted by atomic mass is 19.1. The zero-order valence-electron chi connectivity index (χ0n) is 11.4. The molecule has 5 heteroatoms. The van der Waals surface area contributed by atoms with E-state index < -0.39 is 23.1 Å². The van der Waals surface area contributed by atoms with E-state index in [4.69, 9.17) is 0 Å². The first-order chi connectivity index (χ1) is 9.10. The van der Waals surface area contributed by atoms with Gasteiger partial charge in [-0.3, -0.25) is 4.79 Å². The third-order valence-electron chi connectivity index (χ3n) is 3.02. The van der Waals surface area contributed by atoms with Gasteiger partial charge in [0.1, 0.15) is 17.2 Å². The van der Waals surface area contributed by atoms with Gasteiger partial charge < -0.3 is 10.2 Å². The van der Waals surface area contributed by atoms with Crippen LogP contribution in [0.4, 0.5) is 8.78 Å². The summed E-state index contributed by atoms with van der Waals surface area (Å²) in [5.41, 5.74) is -0.509. The molecule has 1 N–H and O–H groups in total. The molecule has 0 unspecified atom stereocenters. The zero-order chi connectivity index (χ0) is 14.3. The normalized spacial score (nSPS) is 10.8. The Kier molecular flexibility index (Phi) is 6.42. The van der Waals surface area contributed by atoms with Crippen LogP contribution >= 0.6 is 0 Å². The summed E-state index contributed by atoms with van der Waals surface area (Å²) in [4.78, 5) is 13.9. The van der Waals surface area contributed by atoms with E-state index in [-0.39, 0.29) is 0 Å². The summed E-state index contributed by atoms with van der Waals surface area (Å²) in [5.74, 6) is -2.36. The molecule has 1 aromatic rings. The fraction of sp³-hybridized carbons (Fsp3) is 0.500. The van der Waals surface area contributed by atoms with Crippen LogP contribution in [0, 0.1) is 11.6 Å². The minimum atomic E-state index is -0.832. The van der Waals surface area contributed by atoms with Gasteiger partial charge in [-0.1, -0.05) is 19.9 Å². The first kappa shape index (κ1) is 15.6. The third-order valence-corrected chi connectivity index (χ3v) is 3.02. The molecule has 0 aromatic heterocycles. The minimum Gasteiger partial charge on any atom is -0.352 e. The minimum absolute atomic E-state index is 0.406. The molecule has 1 amide bonds. The molecule has 106 valence electrons. The molecule has 0 aliphatic rings. The van der Waals surface area contributed by atoms with Crippen LogP contribution < -0.4 is 5.32 Å². The van der Waals surface area contributed by atoms with E-state index in [2.05, 4.69) is 24.1 Å². The van der Waals surface area contributed by atoms with Gasteiger partial charge in [0.25, 0.3) is 5.91 Å². The van der Waals surface area contributed by atoms with Crippen LogP contribution in [0.25, 0.3) is 0 Å². The molecule has 19 heavy (non-hydrogen) atoms. The molecular formula is C14H20F2N2O. The highest BCUT2D eigenvalue weighted by Crippen LogP contribution is 2.11. The van der Waals surface area contributed by atoms with Crippen molar-refractivity contribution in [1.29, 1.82) is 0 Å². The second kappa shape index (κ2) is 7.84. The number of hydrogen-bond acceptors (Lipinski definition) is 2. The number of nitrogens with zero attached hydrogens (tertiary/aromatic N) is 1. The molecule has 0 saturated heterocycles. The van der Waals surface area contributed by atoms with Gasteiger partial charge in [0.2, 0.25) is 0 Å². The summed E-state index contributed by atoms with van der Waals surface area (Å²) < 4.78 is 26.7. The Morgan fingerprint density at radius 3 is 2.32 bits per heavy atom. The molecule has 1 aromatic carbocycles. The molecular weight excluding hydrogens is 250 g/mol. The SMILES string of the molecule is CCN(CC)CCCNC(=O)c1c(F)cccc1F. The maximum absolute atomic E-state index is 13.3. The van der Waals surface area contributed by atoms with Crippen molar-refractivity contribution in [3.8, 4) is 0 Å². The van der Waals surface area contributed by atoms with E-state index in [0.717, 1.165) is 38.2 Å². The van der Waals surface area contributed by atoms with Crippen LogP contribution in [-0.4, -0.2) is 37.0 Å². The number of carbonyl (C=O) groups excluding carboxylic acids is 1. The van der Waals surface area contributed by atoms with Crippen LogP contribution in [0.2, 0.25) is 0 Å². The van der Waals surface area contributed by atoms with Crippen molar-refractivity contribution in [2.75, 3.05) is 26.2 Å². The van der Waals surface area contributed by atoms with Crippen molar-refractivity contribution in [2.24, 2.45) is 0 Å². The highest BCUT2D eigenvalue weighted by molar-refractivity contribution is 5.94. The van der Waals surface area contributed by atoms with Gasteiger partial charge in [-0.05, 0) is 38.2 Å². The molecule has 0 radical (unpaired) electrons. The number of carbonyl (C=O) groups is 1. The van der Waals surface area contributed by atoms with E-state index in [1.54, 1.807) is 0 Å². The number of halogens is 2. The second-order valence-electron chi connectivity index (χ2n) is 4.23. The molecule has 0 bridgehead atoms. The summed E-state index contributed by atoms with van der Waals surface area (Å²) in [6, 6.07) is 3.39. The Morgan fingerprint density at radius 1 is 1.21 bits per heavy atom. The third kappa shape index (κ3) is 4.59. The number of benzene rings is 1. The lowest BCUT2D eigenvalue weighted by molar-refractivity contribution is 0.0943. The topological polar surface area (TPSA) is 32.3 Å². The van der Waals surface area contributed by atoms with Gasteiger partial charge in [-0.2, -0.15) is 0 Å². The summed E-state index contributed by atoms with van der Waals surface area (Å²) in [7, 11) is 0. The van der Waals surface area contributed by atoms with Gasteiger partial charge in [-0.15, -0.1) is 0 Å². The van der Waals surface area contributed by atoms with Crippen molar-refractivity contribution in [2.45, 2.75) is 20.3 Å². The largest absolute Gasteiger partial charge is 0.352 e. The van der Waals surface area contributed by atoms with Crippen LogP contribution in [0.3, 0.4) is 0 Å². The summed E-state index contributed by atoms with van der Waals surface area (Å²) in [5, 5.41) is 2.54. The smallest absolute Gasteiger partial charge is 0.257 e. The van der Waals surface area contributed by atoms with Gasteiger partial charge in [0, 0.05) is 6.54 Å². The average Bonchev–Trinajstić information content (AvgIpc) is 2.38. The van der Waals surface area contributed by atoms with Crippen molar-refractivity contribution in [3.05, 3.63) is 35.4 Å². The van der Waals surface area contributed by atoms with Crippen molar-refractivity contribution < 1.29 is 13.6 Å². The fourth-order valence-corrected chi connectivity index (χ4v) is 1.85. The standard InChI is InChI=1S/C14H20F2N2O/c1-3-18(4-2)10-6-9-17-14(19)13-11(15)7-5-8-12(13)16/h5,7-8H,3-4,6,9-10H2,1-2H3,(H,17,19). The Morgan fingerprint density at radius 2 is 1.79 bits per heavy atom. The summed E-state index contributed by atoms with van der Waals surface area (Å²) in [6.07, 6.45) is 0.753. The van der Waals surface area contributed by atoms with Crippen molar-refractivity contribution in [3.63, 3.8) is 0 Å². The Hall–Kier alpha value is -1.49. The fourth-order valence-electron chi connectivity index (χ4n) is 1.85. The summed E-state index contributed by atoms with van der Waals surface area (Å²) >= 11 is 0. The van der Waals surface area contributed by atoms with Crippen molar-refractivity contribution >= 4 is 5.91 Å². The van der Waals surface area contributed by atoms with Gasteiger partial charge in [-0.25, -0.2) is 8.78 Å². The quantitative estimate of drug-likeness (QED) is 0.772. The Bertz CT molecular complexity index is 400. The monoisotopic (exact) mass is 270 g/mol. The molecule has 0 aliphatic carbocycles. The first-order valence-electron chi connectivity index (χ1n) is 6.54. The average molecular weight is 270 g/mol. The van der Waals surface area contributed by atoms with Crippen LogP contribution in [0.1, 0.15) is 30.6 Å². The van der Waals surface area contributed by atoms with E-state index in [9.17, 15) is 13.6 Å². The predicted octanol–water partition coefficient (Wildman–Crippen LogP) is 2.43. The van der Waals surface area contributed by atoms with E-state index >= 15 is 0 Å². The van der Waals surface area contributed by atoms with Crippen LogP contribution in [0.5, 0.6) is 0 Å². The maximum Gasteiger partial charge on any atom is 0.257 e. The molecule has 0 aliphatic heterocycles. The van der Waals surface area contributed by atoms with E-state index in [1.807, 2.05) is 0 Å². The van der Waals surface area contributed by atoms with Gasteiger partial charge >= 0.3 is 0 Å². The highest BCUT2D eigenvalue weighted by Gasteiger charge is 2.16. The van der Waals surface area contributed by atoms with E-state index in [0.29, 0.717) is 6.54 Å². The lowest BCUT2D eigenvalue weighted by atomic mass is 10.2. The first-order valence-corrected chi connectivity index (χ1v) is 6.54. The zero-order valence-corrected chi connectivity index (χ0v) is 11.4. The van der Waals surface area contributed by atoms with Gasteiger partial charge in [0.05, 0.1) is 0 Å². The Labute approximate surface area is 112 Å². The number of hydrogen-bond donors (Lipinski definition) is 1. The number of nitrogens with one attached hydrogen (secondary N) is 1. The Balaban J connectivity index is 2.44. The van der Waals surface area contributed by atoms with Gasteiger partial charge in [0.15, 0.2) is 0 Å². The number of amides is 1. The molecule has 1 rings (SSSR count). The number of rotatable bonds is 7. The lowest BCUT2D eigenvalue weighted by Crippen LogP contribution is -2.30. The summed E-state index contributed by atoms with van der Waals surface area (Å²) in [6.45, 7) is 7.29. The van der Waals surface area contributed by atoms with Crippen LogP contribution in [-0.2, 0) is 0 Å². The van der Waals surface area contributed by atoms with Crippen molar-refractivity contribution in [1.82, 2.24) is 10.2 Å². The van der Waals surface area contributed by atoms with E-state index in [1.165, 1.54) is 6.07 Å². The second-order valence-corrected chi connectivity index (χ2v) is 4.23. The molecule has 0 heterocycles. The molecule has 3 nitrogen and oxygen atoms in total. The molecule has 0 fully saturated rings. The molecule has 0 atom stereocenters. The lowest BCUT2D eigenvalue weighted by Gasteiger charge is -2.17. The molecule has 0 spiro atoms. The predicted molar refractivity (Wildman–Crippen MR) is 71.1 cm³/mol. The molecule has 0 saturated carbocycles. The maximum atomic E-state index is 13.3.